The number of quaternary nitrogens is 1. The number of aliphatic carboxylic acids is 2. The van der Waals surface area contributed by atoms with Crippen LogP contribution in [0, 0.1) is 0 Å². The standard InChI is InChI=1S/C22H15ClN2O6S2/c23-11-1-2-17-13(5-11)25(9-14(25)22(28)29)20(33-17)8-19-24(4-3-21(26)27)12-6-15-16(31-10-30-15)7-18(12)32-19/h1-2,5-8,14H,3-4,9-10H2/p+1. The van der Waals surface area contributed by atoms with Gasteiger partial charge in [0.2, 0.25) is 18.4 Å². The second kappa shape index (κ2) is 7.36. The Kier molecular flexibility index (Phi) is 4.64. The first-order valence-corrected chi connectivity index (χ1v) is 12.1. The summed E-state index contributed by atoms with van der Waals surface area (Å²) in [5.41, 5.74) is 1.71. The molecule has 0 radical (unpaired) electrons. The van der Waals surface area contributed by atoms with Gasteiger partial charge in [0.05, 0.1) is 17.0 Å². The number of carbonyl (C=O) groups is 2. The SMILES string of the molecule is O=C([O-])CC[n+]1c(C=C2Sc3ccc(Cl)cc3[N+]23CC3C(=O)O)sc2cc3c(cc21)OCO3. The Bertz CT molecular complexity index is 1400. The number of thiazole rings is 1. The molecule has 0 saturated carbocycles. The summed E-state index contributed by atoms with van der Waals surface area (Å²) >= 11 is 9.25. The smallest absolute Gasteiger partial charge is 0.369 e. The Balaban J connectivity index is 1.50. The fraction of sp³-hybridized carbons (Fsp3) is 0.227. The van der Waals surface area contributed by atoms with Gasteiger partial charge in [0.15, 0.2) is 35.3 Å². The van der Waals surface area contributed by atoms with Gasteiger partial charge >= 0.3 is 5.97 Å². The molecule has 6 rings (SSSR count). The van der Waals surface area contributed by atoms with Crippen LogP contribution in [-0.2, 0) is 16.1 Å². The molecule has 1 spiro atoms. The zero-order valence-electron chi connectivity index (χ0n) is 16.9. The molecular weight excluding hydrogens is 488 g/mol. The summed E-state index contributed by atoms with van der Waals surface area (Å²) in [5.74, 6) is -0.743. The van der Waals surface area contributed by atoms with Gasteiger partial charge in [-0.2, -0.15) is 4.57 Å². The fourth-order valence-corrected chi connectivity index (χ4v) is 7.18. The molecule has 1 fully saturated rings. The number of fused-ring (bicyclic) bond motifs is 4. The molecule has 3 aliphatic heterocycles. The van der Waals surface area contributed by atoms with E-state index in [-0.39, 0.29) is 24.2 Å². The Morgan fingerprint density at radius 3 is 2.79 bits per heavy atom. The van der Waals surface area contributed by atoms with Crippen LogP contribution >= 0.6 is 34.7 Å². The van der Waals surface area contributed by atoms with E-state index in [1.807, 2.05) is 34.9 Å². The lowest BCUT2D eigenvalue weighted by molar-refractivity contribution is -0.668. The fourth-order valence-electron chi connectivity index (χ4n) is 4.49. The predicted molar refractivity (Wildman–Crippen MR) is 121 cm³/mol. The lowest BCUT2D eigenvalue weighted by atomic mass is 10.2. The van der Waals surface area contributed by atoms with Crippen molar-refractivity contribution in [3.8, 4) is 11.5 Å². The van der Waals surface area contributed by atoms with E-state index in [9.17, 15) is 19.8 Å². The first-order valence-electron chi connectivity index (χ1n) is 10.1. The van der Waals surface area contributed by atoms with Crippen LogP contribution in [0.5, 0.6) is 11.5 Å². The van der Waals surface area contributed by atoms with E-state index >= 15 is 0 Å². The van der Waals surface area contributed by atoms with Gasteiger partial charge < -0.3 is 24.5 Å². The number of nitrogens with zero attached hydrogens (tertiary/aromatic N) is 2. The molecule has 168 valence electrons. The van der Waals surface area contributed by atoms with Crippen LogP contribution in [0.4, 0.5) is 5.69 Å². The molecule has 1 saturated heterocycles. The Hall–Kier alpha value is -2.79. The molecule has 0 amide bonds. The molecule has 0 aliphatic carbocycles. The molecule has 2 unspecified atom stereocenters. The van der Waals surface area contributed by atoms with Gasteiger partial charge in [0.1, 0.15) is 4.70 Å². The second-order valence-corrected chi connectivity index (χ2v) is 10.6. The molecule has 8 nitrogen and oxygen atoms in total. The van der Waals surface area contributed by atoms with E-state index in [2.05, 4.69) is 0 Å². The van der Waals surface area contributed by atoms with Gasteiger partial charge in [-0.25, -0.2) is 9.28 Å². The van der Waals surface area contributed by atoms with Gasteiger partial charge in [-0.15, -0.1) is 0 Å². The number of carboxylic acids is 2. The van der Waals surface area contributed by atoms with E-state index in [4.69, 9.17) is 21.1 Å². The number of thioether (sulfide) groups is 1. The average Bonchev–Trinajstić information content (AvgIpc) is 3.04. The highest BCUT2D eigenvalue weighted by atomic mass is 35.5. The average molecular weight is 504 g/mol. The molecule has 4 heterocycles. The highest BCUT2D eigenvalue weighted by molar-refractivity contribution is 8.03. The maximum absolute atomic E-state index is 11.9. The highest BCUT2D eigenvalue weighted by Crippen LogP contribution is 2.60. The third-order valence-electron chi connectivity index (χ3n) is 6.12. The number of hydrogen-bond donors (Lipinski definition) is 1. The van der Waals surface area contributed by atoms with Crippen LogP contribution in [-0.4, -0.2) is 36.4 Å². The minimum absolute atomic E-state index is 0.149. The molecule has 1 aromatic heterocycles. The molecular formula is C22H16ClN2O6S2+. The van der Waals surface area contributed by atoms with E-state index in [0.717, 1.165) is 30.8 Å². The summed E-state index contributed by atoms with van der Waals surface area (Å²) in [7, 11) is 0. The molecule has 1 N–H and O–H groups in total. The molecule has 3 aliphatic rings. The van der Waals surface area contributed by atoms with Gasteiger partial charge in [-0.05, 0) is 23.9 Å². The van der Waals surface area contributed by atoms with Crippen LogP contribution in [0.2, 0.25) is 5.02 Å². The van der Waals surface area contributed by atoms with Crippen LogP contribution in [0.25, 0.3) is 16.3 Å². The number of carbonyl (C=O) groups excluding carboxylic acids is 1. The third kappa shape index (κ3) is 3.20. The lowest BCUT2D eigenvalue weighted by Crippen LogP contribution is -2.39. The number of aryl methyl sites for hydroxylation is 1. The first-order chi connectivity index (χ1) is 15.9. The van der Waals surface area contributed by atoms with E-state index in [1.54, 1.807) is 6.07 Å². The Morgan fingerprint density at radius 1 is 1.27 bits per heavy atom. The monoisotopic (exact) mass is 503 g/mol. The largest absolute Gasteiger partial charge is 0.550 e. The molecule has 2 atom stereocenters. The maximum atomic E-state index is 11.9. The summed E-state index contributed by atoms with van der Waals surface area (Å²) in [5, 5.41) is 23.2. The van der Waals surface area contributed by atoms with Gasteiger partial charge in [0, 0.05) is 29.5 Å². The van der Waals surface area contributed by atoms with Crippen molar-refractivity contribution >= 4 is 68.6 Å². The summed E-state index contributed by atoms with van der Waals surface area (Å²) in [6, 6.07) is 8.70. The normalized spacial score (nSPS) is 23.4. The summed E-state index contributed by atoms with van der Waals surface area (Å²) in [6.45, 7) is 0.810. The number of halogens is 1. The van der Waals surface area contributed by atoms with Crippen molar-refractivity contribution in [3.63, 3.8) is 0 Å². The van der Waals surface area contributed by atoms with Crippen molar-refractivity contribution in [3.05, 3.63) is 45.4 Å². The first kappa shape index (κ1) is 20.8. The molecule has 2 aromatic carbocycles. The van der Waals surface area contributed by atoms with Crippen LogP contribution in [0.15, 0.2) is 40.3 Å². The van der Waals surface area contributed by atoms with Crippen molar-refractivity contribution in [2.24, 2.45) is 0 Å². The van der Waals surface area contributed by atoms with Crippen LogP contribution in [0.1, 0.15) is 11.4 Å². The minimum atomic E-state index is -1.14. The molecule has 33 heavy (non-hydrogen) atoms. The molecule has 11 heteroatoms. The number of aromatic nitrogens is 1. The summed E-state index contributed by atoms with van der Waals surface area (Å²) in [4.78, 5) is 24.1. The van der Waals surface area contributed by atoms with Crippen molar-refractivity contribution in [2.75, 3.05) is 13.3 Å². The zero-order chi connectivity index (χ0) is 22.9. The minimum Gasteiger partial charge on any atom is -0.550 e. The quantitative estimate of drug-likeness (QED) is 0.324. The van der Waals surface area contributed by atoms with Gasteiger partial charge in [-0.1, -0.05) is 22.9 Å². The summed E-state index contributed by atoms with van der Waals surface area (Å²) < 4.78 is 14.0. The Labute approximate surface area is 200 Å². The second-order valence-electron chi connectivity index (χ2n) is 7.99. The van der Waals surface area contributed by atoms with E-state index in [0.29, 0.717) is 23.1 Å². The highest BCUT2D eigenvalue weighted by Gasteiger charge is 2.68. The zero-order valence-corrected chi connectivity index (χ0v) is 19.3. The van der Waals surface area contributed by atoms with Gasteiger partial charge in [-0.3, -0.25) is 0 Å². The number of rotatable bonds is 5. The van der Waals surface area contributed by atoms with Crippen molar-refractivity contribution in [2.45, 2.75) is 23.9 Å². The summed E-state index contributed by atoms with van der Waals surface area (Å²) in [6.07, 6.45) is 1.82. The van der Waals surface area contributed by atoms with Gasteiger partial charge in [0.25, 0.3) is 5.01 Å². The van der Waals surface area contributed by atoms with Crippen LogP contribution < -0.4 is 23.6 Å². The topological polar surface area (TPSA) is 99.8 Å². The van der Waals surface area contributed by atoms with Crippen molar-refractivity contribution in [1.29, 1.82) is 0 Å². The number of carboxylic acid groups (broad SMARTS) is 2. The van der Waals surface area contributed by atoms with Crippen molar-refractivity contribution in [1.82, 2.24) is 4.48 Å². The lowest BCUT2D eigenvalue weighted by Gasteiger charge is -2.13. The maximum Gasteiger partial charge on any atom is 0.369 e. The number of ether oxygens (including phenoxy) is 2. The number of benzene rings is 2. The molecule has 3 aromatic rings. The van der Waals surface area contributed by atoms with E-state index < -0.39 is 18.0 Å². The number of hydrogen-bond acceptors (Lipinski definition) is 7. The van der Waals surface area contributed by atoms with Crippen molar-refractivity contribution < 1.29 is 33.8 Å². The predicted octanol–water partition coefficient (Wildman–Crippen LogP) is 2.59. The third-order valence-corrected chi connectivity index (χ3v) is 8.66. The Morgan fingerprint density at radius 2 is 2.06 bits per heavy atom. The van der Waals surface area contributed by atoms with E-state index in [1.165, 1.54) is 23.1 Å². The van der Waals surface area contributed by atoms with Crippen LogP contribution in [0.3, 0.4) is 0 Å². The molecule has 0 bridgehead atoms.